The van der Waals surface area contributed by atoms with Gasteiger partial charge >= 0.3 is 11.9 Å². The number of nitrogens with zero attached hydrogens (tertiary/aromatic N) is 3. The lowest BCUT2D eigenvalue weighted by atomic mass is 9.85. The molecule has 5 heterocycles. The van der Waals surface area contributed by atoms with Crippen LogP contribution in [0, 0.1) is 0 Å². The standard InChI is InChI=1S/C27H27N3O8/c1-3-27(35)18-11-20-22-16(13-30(20)24(33)21(18)25(37-14(2)31)38-26(27)34)10-17-19(28-22)5-4-15(23(17)32)12-29-6-8-36-9-7-29/h4-5,10-11,25,32,35H,3,6-9,12-13H2,1-2H3/t25?,27-/m0/s1. The average Bonchev–Trinajstić information content (AvgIpc) is 3.26. The van der Waals surface area contributed by atoms with Crippen molar-refractivity contribution in [2.75, 3.05) is 26.3 Å². The summed E-state index contributed by atoms with van der Waals surface area (Å²) < 4.78 is 17.2. The van der Waals surface area contributed by atoms with Crippen LogP contribution in [0.15, 0.2) is 29.1 Å². The average molecular weight is 522 g/mol. The van der Waals surface area contributed by atoms with Crippen LogP contribution in [0.1, 0.15) is 48.8 Å². The van der Waals surface area contributed by atoms with Gasteiger partial charge in [0.2, 0.25) is 0 Å². The van der Waals surface area contributed by atoms with E-state index in [9.17, 15) is 24.6 Å². The largest absolute Gasteiger partial charge is 0.507 e. The van der Waals surface area contributed by atoms with E-state index in [2.05, 4.69) is 4.90 Å². The Labute approximate surface area is 217 Å². The van der Waals surface area contributed by atoms with Gasteiger partial charge in [0.15, 0.2) is 5.60 Å². The van der Waals surface area contributed by atoms with E-state index in [1.54, 1.807) is 13.0 Å². The molecule has 2 atom stereocenters. The first-order valence-corrected chi connectivity index (χ1v) is 12.5. The third kappa shape index (κ3) is 3.69. The summed E-state index contributed by atoms with van der Waals surface area (Å²) in [7, 11) is 0. The molecule has 1 unspecified atom stereocenters. The number of fused-ring (bicyclic) bond motifs is 5. The number of phenols is 1. The zero-order valence-corrected chi connectivity index (χ0v) is 21.0. The highest BCUT2D eigenvalue weighted by molar-refractivity contribution is 5.90. The van der Waals surface area contributed by atoms with Crippen LogP contribution in [0.4, 0.5) is 0 Å². The minimum absolute atomic E-state index is 0.0391. The fraction of sp³-hybridized carbons (Fsp3) is 0.407. The molecule has 11 heteroatoms. The maximum atomic E-state index is 13.7. The number of carbonyl (C=O) groups excluding carboxylic acids is 2. The van der Waals surface area contributed by atoms with Gasteiger partial charge in [0.05, 0.1) is 36.7 Å². The lowest BCUT2D eigenvalue weighted by molar-refractivity contribution is -0.210. The zero-order valence-electron chi connectivity index (χ0n) is 21.0. The van der Waals surface area contributed by atoms with Crippen LogP contribution in [0.2, 0.25) is 0 Å². The third-order valence-corrected chi connectivity index (χ3v) is 7.56. The number of hydrogen-bond acceptors (Lipinski definition) is 10. The summed E-state index contributed by atoms with van der Waals surface area (Å²) in [5, 5.41) is 22.9. The number of pyridine rings is 2. The molecule has 1 saturated heterocycles. The molecule has 11 nitrogen and oxygen atoms in total. The second kappa shape index (κ2) is 8.90. The van der Waals surface area contributed by atoms with Crippen LogP contribution in [-0.2, 0) is 42.5 Å². The summed E-state index contributed by atoms with van der Waals surface area (Å²) in [5.74, 6) is -1.59. The van der Waals surface area contributed by atoms with Crippen LogP contribution < -0.4 is 5.56 Å². The molecule has 3 aliphatic rings. The lowest BCUT2D eigenvalue weighted by Crippen LogP contribution is -2.46. The number of rotatable bonds is 4. The van der Waals surface area contributed by atoms with Crippen LogP contribution in [0.3, 0.4) is 0 Å². The highest BCUT2D eigenvalue weighted by Gasteiger charge is 2.50. The SMILES string of the molecule is CC[C@@]1(O)C(=O)OC(OC(C)=O)c2c1cc1n(c2=O)Cc2cc3c(O)c(CN4CCOCC4)ccc3nc2-1. The number of phenolic OH excluding ortho intramolecular Hbond substituents is 1. The smallest absolute Gasteiger partial charge is 0.346 e. The molecule has 3 aromatic rings. The van der Waals surface area contributed by atoms with Crippen LogP contribution in [0.25, 0.3) is 22.3 Å². The number of esters is 2. The van der Waals surface area contributed by atoms with Crippen molar-refractivity contribution in [2.45, 2.75) is 45.2 Å². The molecule has 0 aliphatic carbocycles. The first kappa shape index (κ1) is 24.5. The predicted molar refractivity (Wildman–Crippen MR) is 133 cm³/mol. The van der Waals surface area contributed by atoms with E-state index >= 15 is 0 Å². The molecule has 0 amide bonds. The van der Waals surface area contributed by atoms with Gasteiger partial charge < -0.3 is 29.0 Å². The number of hydrogen-bond donors (Lipinski definition) is 2. The van der Waals surface area contributed by atoms with Crippen molar-refractivity contribution in [3.63, 3.8) is 0 Å². The monoisotopic (exact) mass is 521 g/mol. The molecule has 0 saturated carbocycles. The Bertz CT molecular complexity index is 1560. The van der Waals surface area contributed by atoms with Gasteiger partial charge in [-0.2, -0.15) is 0 Å². The Hall–Kier alpha value is -3.80. The Morgan fingerprint density at radius 3 is 2.71 bits per heavy atom. The number of morpholine rings is 1. The number of aromatic nitrogens is 2. The molecule has 0 radical (unpaired) electrons. The van der Waals surface area contributed by atoms with Gasteiger partial charge in [-0.25, -0.2) is 9.78 Å². The van der Waals surface area contributed by atoms with Crippen LogP contribution in [-0.4, -0.2) is 62.9 Å². The Kier molecular flexibility index (Phi) is 5.74. The number of cyclic esters (lactones) is 1. The molecule has 1 fully saturated rings. The summed E-state index contributed by atoms with van der Waals surface area (Å²) in [6, 6.07) is 7.05. The third-order valence-electron chi connectivity index (χ3n) is 7.56. The van der Waals surface area contributed by atoms with Crippen LogP contribution in [0.5, 0.6) is 5.75 Å². The Morgan fingerprint density at radius 2 is 2.00 bits per heavy atom. The predicted octanol–water partition coefficient (Wildman–Crippen LogP) is 1.68. The molecule has 3 aliphatic heterocycles. The molecule has 198 valence electrons. The minimum Gasteiger partial charge on any atom is -0.507 e. The van der Waals surface area contributed by atoms with Crippen molar-refractivity contribution in [3.8, 4) is 17.1 Å². The van der Waals surface area contributed by atoms with Gasteiger partial charge in [-0.05, 0) is 24.6 Å². The summed E-state index contributed by atoms with van der Waals surface area (Å²) in [4.78, 5) is 45.1. The van der Waals surface area contributed by atoms with Gasteiger partial charge in [-0.15, -0.1) is 0 Å². The van der Waals surface area contributed by atoms with E-state index in [1.807, 2.05) is 18.2 Å². The number of benzene rings is 1. The summed E-state index contributed by atoms with van der Waals surface area (Å²) in [6.45, 7) is 6.35. The summed E-state index contributed by atoms with van der Waals surface area (Å²) >= 11 is 0. The Morgan fingerprint density at radius 1 is 1.24 bits per heavy atom. The van der Waals surface area contributed by atoms with Crippen molar-refractivity contribution < 1.29 is 34.0 Å². The van der Waals surface area contributed by atoms with Gasteiger partial charge in [-0.3, -0.25) is 14.5 Å². The highest BCUT2D eigenvalue weighted by atomic mass is 16.7. The minimum atomic E-state index is -2.08. The second-order valence-electron chi connectivity index (χ2n) is 9.83. The molecular formula is C27H27N3O8. The van der Waals surface area contributed by atoms with Gasteiger partial charge in [0.1, 0.15) is 11.3 Å². The fourth-order valence-electron chi connectivity index (χ4n) is 5.48. The van der Waals surface area contributed by atoms with E-state index < -0.39 is 29.4 Å². The zero-order chi connectivity index (χ0) is 26.8. The Balaban J connectivity index is 1.47. The number of aliphatic hydroxyl groups is 1. The normalized spacial score (nSPS) is 22.5. The maximum Gasteiger partial charge on any atom is 0.346 e. The van der Waals surface area contributed by atoms with Crippen LogP contribution >= 0.6 is 0 Å². The van der Waals surface area contributed by atoms with Gasteiger partial charge in [-0.1, -0.05) is 13.0 Å². The van der Waals surface area contributed by atoms with E-state index in [1.165, 1.54) is 4.57 Å². The molecule has 2 N–H and O–H groups in total. The maximum absolute atomic E-state index is 13.7. The summed E-state index contributed by atoms with van der Waals surface area (Å²) in [6.07, 6.45) is -1.61. The molecule has 1 aromatic carbocycles. The first-order chi connectivity index (χ1) is 18.2. The number of ether oxygens (including phenoxy) is 3. The highest BCUT2D eigenvalue weighted by Crippen LogP contribution is 2.43. The molecule has 0 bridgehead atoms. The van der Waals surface area contributed by atoms with Gasteiger partial charge in [0, 0.05) is 48.6 Å². The topological polar surface area (TPSA) is 140 Å². The van der Waals surface area contributed by atoms with E-state index in [0.717, 1.165) is 25.6 Å². The van der Waals surface area contributed by atoms with Crippen molar-refractivity contribution in [2.24, 2.45) is 0 Å². The van der Waals surface area contributed by atoms with E-state index in [0.29, 0.717) is 47.6 Å². The molecule has 38 heavy (non-hydrogen) atoms. The van der Waals surface area contributed by atoms with Crippen molar-refractivity contribution >= 4 is 22.8 Å². The molecule has 6 rings (SSSR count). The first-order valence-electron chi connectivity index (χ1n) is 12.5. The molecular weight excluding hydrogens is 494 g/mol. The van der Waals surface area contributed by atoms with Gasteiger partial charge in [0.25, 0.3) is 11.8 Å². The molecule has 0 spiro atoms. The molecule has 2 aromatic heterocycles. The summed E-state index contributed by atoms with van der Waals surface area (Å²) in [5.41, 5.74) is 0.274. The number of aromatic hydroxyl groups is 1. The van der Waals surface area contributed by atoms with Crippen molar-refractivity contribution in [3.05, 3.63) is 56.9 Å². The van der Waals surface area contributed by atoms with Crippen molar-refractivity contribution in [1.82, 2.24) is 14.5 Å². The fourth-order valence-corrected chi connectivity index (χ4v) is 5.48. The van der Waals surface area contributed by atoms with Crippen molar-refractivity contribution in [1.29, 1.82) is 0 Å². The quantitative estimate of drug-likeness (QED) is 0.381. The van der Waals surface area contributed by atoms with E-state index in [-0.39, 0.29) is 29.8 Å². The van der Waals surface area contributed by atoms with E-state index in [4.69, 9.17) is 19.2 Å². The second-order valence-corrected chi connectivity index (χ2v) is 9.83. The number of carbonyl (C=O) groups is 2. The lowest BCUT2D eigenvalue weighted by Gasteiger charge is -2.35.